The first kappa shape index (κ1) is 9.52. The molecule has 1 rings (SSSR count). The summed E-state index contributed by atoms with van der Waals surface area (Å²) < 4.78 is 1.01. The van der Waals surface area contributed by atoms with Crippen LogP contribution < -0.4 is 0 Å². The van der Waals surface area contributed by atoms with E-state index in [-0.39, 0.29) is 0 Å². The Morgan fingerprint density at radius 3 is 2.50 bits per heavy atom. The highest BCUT2D eigenvalue weighted by Gasteiger charge is 2.37. The monoisotopic (exact) mass is 172 g/mol. The largest absolute Gasteiger partial charge is 0.481 e. The quantitative estimate of drug-likeness (QED) is 0.630. The molecular formula is C9H18NO2+. The molecule has 3 nitrogen and oxygen atoms in total. The van der Waals surface area contributed by atoms with Crippen molar-refractivity contribution in [2.45, 2.75) is 31.7 Å². The molecule has 0 aromatic heterocycles. The second-order valence-electron chi connectivity index (χ2n) is 4.23. The molecule has 0 spiro atoms. The molecule has 1 fully saturated rings. The topological polar surface area (TPSA) is 37.3 Å². The van der Waals surface area contributed by atoms with Crippen LogP contribution >= 0.6 is 0 Å². The molecule has 0 amide bonds. The molecule has 1 N–H and O–H groups in total. The van der Waals surface area contributed by atoms with Gasteiger partial charge in [0.15, 0.2) is 0 Å². The number of hydrogen-bond acceptors (Lipinski definition) is 1. The average molecular weight is 172 g/mol. The van der Waals surface area contributed by atoms with Gasteiger partial charge in [-0.1, -0.05) is 0 Å². The first-order valence-electron chi connectivity index (χ1n) is 4.57. The van der Waals surface area contributed by atoms with E-state index in [0.717, 1.165) is 23.5 Å². The summed E-state index contributed by atoms with van der Waals surface area (Å²) in [6.07, 6.45) is 3.76. The summed E-state index contributed by atoms with van der Waals surface area (Å²) in [7, 11) is 4.39. The standard InChI is InChI=1S/C9H17NO2/c1-10(2,8-5-6-8)7-3-4-9(11)12/h8H,3-7H2,1-2H3/p+1. The van der Waals surface area contributed by atoms with E-state index in [1.54, 1.807) is 0 Å². The number of hydrogen-bond donors (Lipinski definition) is 1. The molecule has 12 heavy (non-hydrogen) atoms. The van der Waals surface area contributed by atoms with Gasteiger partial charge in [0.05, 0.1) is 33.1 Å². The lowest BCUT2D eigenvalue weighted by Gasteiger charge is -2.29. The molecule has 1 saturated carbocycles. The van der Waals surface area contributed by atoms with Gasteiger partial charge < -0.3 is 9.59 Å². The minimum absolute atomic E-state index is 0.314. The van der Waals surface area contributed by atoms with Crippen molar-refractivity contribution < 1.29 is 14.4 Å². The number of nitrogens with zero attached hydrogens (tertiary/aromatic N) is 1. The van der Waals surface area contributed by atoms with Gasteiger partial charge in [-0.15, -0.1) is 0 Å². The fourth-order valence-corrected chi connectivity index (χ4v) is 1.59. The van der Waals surface area contributed by atoms with Gasteiger partial charge in [0.25, 0.3) is 0 Å². The third kappa shape index (κ3) is 2.81. The van der Waals surface area contributed by atoms with Gasteiger partial charge in [-0.3, -0.25) is 4.79 Å². The van der Waals surface area contributed by atoms with Gasteiger partial charge in [-0.05, 0) is 0 Å². The molecule has 1 aliphatic carbocycles. The van der Waals surface area contributed by atoms with Crippen LogP contribution in [0.3, 0.4) is 0 Å². The van der Waals surface area contributed by atoms with Crippen LogP contribution in [-0.4, -0.2) is 42.2 Å². The van der Waals surface area contributed by atoms with Crippen LogP contribution in [0.15, 0.2) is 0 Å². The van der Waals surface area contributed by atoms with Crippen LogP contribution in [0.2, 0.25) is 0 Å². The molecule has 70 valence electrons. The molecule has 0 atom stereocenters. The maximum atomic E-state index is 10.3. The molecule has 0 aromatic carbocycles. The Morgan fingerprint density at radius 1 is 1.50 bits per heavy atom. The molecule has 0 radical (unpaired) electrons. The fourth-order valence-electron chi connectivity index (χ4n) is 1.59. The van der Waals surface area contributed by atoms with Gasteiger partial charge in [0.2, 0.25) is 0 Å². The summed E-state index contributed by atoms with van der Waals surface area (Å²) in [4.78, 5) is 10.3. The molecule has 0 unspecified atom stereocenters. The first-order valence-corrected chi connectivity index (χ1v) is 4.57. The highest BCUT2D eigenvalue weighted by atomic mass is 16.4. The van der Waals surface area contributed by atoms with Crippen molar-refractivity contribution >= 4 is 5.97 Å². The van der Waals surface area contributed by atoms with Crippen molar-refractivity contribution in [2.75, 3.05) is 20.6 Å². The molecular weight excluding hydrogens is 154 g/mol. The van der Waals surface area contributed by atoms with E-state index in [1.165, 1.54) is 12.8 Å². The summed E-state index contributed by atoms with van der Waals surface area (Å²) in [5.74, 6) is -0.675. The lowest BCUT2D eigenvalue weighted by atomic mass is 10.2. The number of carboxylic acids is 1. The summed E-state index contributed by atoms with van der Waals surface area (Å²) in [6, 6.07) is 0.804. The smallest absolute Gasteiger partial charge is 0.303 e. The highest BCUT2D eigenvalue weighted by Crippen LogP contribution is 2.30. The Labute approximate surface area is 73.6 Å². The molecule has 0 aromatic rings. The number of quaternary nitrogens is 1. The Morgan fingerprint density at radius 2 is 2.08 bits per heavy atom. The van der Waals surface area contributed by atoms with Crippen LogP contribution in [-0.2, 0) is 4.79 Å². The van der Waals surface area contributed by atoms with Crippen molar-refractivity contribution in [1.29, 1.82) is 0 Å². The van der Waals surface area contributed by atoms with Crippen LogP contribution in [0.1, 0.15) is 25.7 Å². The molecule has 0 heterocycles. The maximum absolute atomic E-state index is 10.3. The van der Waals surface area contributed by atoms with Crippen LogP contribution in [0.25, 0.3) is 0 Å². The SMILES string of the molecule is C[N+](C)(CCCC(=O)O)C1CC1. The Kier molecular flexibility index (Phi) is 2.73. The predicted octanol–water partition coefficient (Wildman–Crippen LogP) is 1.09. The zero-order chi connectivity index (χ0) is 9.19. The molecule has 0 bridgehead atoms. The molecule has 3 heteroatoms. The van der Waals surface area contributed by atoms with E-state index in [1.807, 2.05) is 0 Å². The van der Waals surface area contributed by atoms with Crippen molar-refractivity contribution in [3.63, 3.8) is 0 Å². The number of aliphatic carboxylic acids is 1. The molecule has 0 aliphatic heterocycles. The summed E-state index contributed by atoms with van der Waals surface area (Å²) in [6.45, 7) is 0.997. The van der Waals surface area contributed by atoms with Gasteiger partial charge in [0.1, 0.15) is 0 Å². The zero-order valence-electron chi connectivity index (χ0n) is 7.92. The summed E-state index contributed by atoms with van der Waals surface area (Å²) in [5, 5.41) is 8.46. The van der Waals surface area contributed by atoms with Crippen LogP contribution in [0.4, 0.5) is 0 Å². The number of carbonyl (C=O) groups is 1. The second-order valence-corrected chi connectivity index (χ2v) is 4.23. The van der Waals surface area contributed by atoms with Gasteiger partial charge >= 0.3 is 5.97 Å². The number of carboxylic acid groups (broad SMARTS) is 1. The number of rotatable bonds is 5. The third-order valence-electron chi connectivity index (χ3n) is 2.66. The first-order chi connectivity index (χ1) is 5.52. The second kappa shape index (κ2) is 3.44. The van der Waals surface area contributed by atoms with E-state index in [9.17, 15) is 4.79 Å². The van der Waals surface area contributed by atoms with Crippen molar-refractivity contribution in [3.05, 3.63) is 0 Å². The Bertz CT molecular complexity index is 173. The van der Waals surface area contributed by atoms with Crippen LogP contribution in [0.5, 0.6) is 0 Å². The van der Waals surface area contributed by atoms with Crippen molar-refractivity contribution in [3.8, 4) is 0 Å². The van der Waals surface area contributed by atoms with E-state index in [2.05, 4.69) is 14.1 Å². The maximum Gasteiger partial charge on any atom is 0.303 e. The van der Waals surface area contributed by atoms with Gasteiger partial charge in [-0.2, -0.15) is 0 Å². The van der Waals surface area contributed by atoms with Crippen molar-refractivity contribution in [2.24, 2.45) is 0 Å². The fraction of sp³-hybridized carbons (Fsp3) is 0.889. The van der Waals surface area contributed by atoms with E-state index in [4.69, 9.17) is 5.11 Å². The lowest BCUT2D eigenvalue weighted by Crippen LogP contribution is -2.42. The summed E-state index contributed by atoms with van der Waals surface area (Å²) >= 11 is 0. The predicted molar refractivity (Wildman–Crippen MR) is 46.9 cm³/mol. The molecule has 1 aliphatic rings. The minimum Gasteiger partial charge on any atom is -0.481 e. The van der Waals surface area contributed by atoms with E-state index < -0.39 is 5.97 Å². The van der Waals surface area contributed by atoms with Gasteiger partial charge in [0, 0.05) is 19.3 Å². The Hall–Kier alpha value is -0.570. The van der Waals surface area contributed by atoms with Gasteiger partial charge in [-0.25, -0.2) is 0 Å². The normalized spacial score (nSPS) is 17.8. The molecule has 0 saturated heterocycles. The highest BCUT2D eigenvalue weighted by molar-refractivity contribution is 5.66. The van der Waals surface area contributed by atoms with E-state index >= 15 is 0 Å². The summed E-state index contributed by atoms with van der Waals surface area (Å²) in [5.41, 5.74) is 0. The zero-order valence-corrected chi connectivity index (χ0v) is 7.92. The third-order valence-corrected chi connectivity index (χ3v) is 2.66. The van der Waals surface area contributed by atoms with Crippen LogP contribution in [0, 0.1) is 0 Å². The lowest BCUT2D eigenvalue weighted by molar-refractivity contribution is -0.901. The Balaban J connectivity index is 2.16. The average Bonchev–Trinajstić information content (AvgIpc) is 2.65. The van der Waals surface area contributed by atoms with Crippen molar-refractivity contribution in [1.82, 2.24) is 0 Å². The van der Waals surface area contributed by atoms with E-state index in [0.29, 0.717) is 6.42 Å². The minimum atomic E-state index is -0.675.